The van der Waals surface area contributed by atoms with E-state index in [1.807, 2.05) is 6.07 Å². The molecule has 4 amide bonds. The fraction of sp³-hybridized carbons (Fsp3) is 0.474. The molecule has 1 unspecified atom stereocenters. The summed E-state index contributed by atoms with van der Waals surface area (Å²) in [5, 5.41) is 8.99. The van der Waals surface area contributed by atoms with E-state index in [0.717, 1.165) is 36.4 Å². The van der Waals surface area contributed by atoms with Crippen LogP contribution in [0.2, 0.25) is 0 Å². The molecule has 8 heteroatoms. The minimum absolute atomic E-state index is 0.118. The molecule has 1 aromatic carbocycles. The van der Waals surface area contributed by atoms with Crippen LogP contribution in [0.1, 0.15) is 52.0 Å². The number of carbonyl (C=O) groups excluding carboxylic acids is 4. The first-order valence-electron chi connectivity index (χ1n) is 9.34. The molecule has 142 valence electrons. The topological polar surface area (TPSA) is 108 Å². The second kappa shape index (κ2) is 7.21. The number of hydrogen-bond donors (Lipinski definition) is 3. The van der Waals surface area contributed by atoms with Gasteiger partial charge in [0.15, 0.2) is 0 Å². The summed E-state index contributed by atoms with van der Waals surface area (Å²) in [5.41, 5.74) is 1.44. The van der Waals surface area contributed by atoms with Gasteiger partial charge in [-0.3, -0.25) is 29.4 Å². The number of piperidine rings is 2. The van der Waals surface area contributed by atoms with Crippen LogP contribution < -0.4 is 16.0 Å². The molecule has 3 aliphatic heterocycles. The first-order chi connectivity index (χ1) is 13.1. The predicted octanol–water partition coefficient (Wildman–Crippen LogP) is -0.0706. The summed E-state index contributed by atoms with van der Waals surface area (Å²) in [4.78, 5) is 50.3. The van der Waals surface area contributed by atoms with Crippen LogP contribution in [0.4, 0.5) is 0 Å². The minimum Gasteiger partial charge on any atom is -0.315 e. The second-order valence-electron chi connectivity index (χ2n) is 7.21. The molecule has 3 heterocycles. The van der Waals surface area contributed by atoms with E-state index in [4.69, 9.17) is 0 Å². The van der Waals surface area contributed by atoms with Crippen molar-refractivity contribution in [2.75, 3.05) is 13.1 Å². The van der Waals surface area contributed by atoms with E-state index in [1.165, 1.54) is 0 Å². The summed E-state index contributed by atoms with van der Waals surface area (Å²) in [5.74, 6) is -1.89. The van der Waals surface area contributed by atoms with Gasteiger partial charge in [-0.15, -0.1) is 0 Å². The lowest BCUT2D eigenvalue weighted by molar-refractivity contribution is -0.136. The summed E-state index contributed by atoms with van der Waals surface area (Å²) >= 11 is 0. The van der Waals surface area contributed by atoms with Crippen molar-refractivity contribution in [3.63, 3.8) is 0 Å². The van der Waals surface area contributed by atoms with E-state index in [9.17, 15) is 19.2 Å². The van der Waals surface area contributed by atoms with Gasteiger partial charge < -0.3 is 10.6 Å². The number of nitrogens with zero attached hydrogens (tertiary/aromatic N) is 1. The Kier molecular flexibility index (Phi) is 4.75. The maximum atomic E-state index is 13.0. The van der Waals surface area contributed by atoms with Crippen molar-refractivity contribution in [3.8, 4) is 0 Å². The molecule has 1 aromatic rings. The summed E-state index contributed by atoms with van der Waals surface area (Å²) in [6.45, 7) is 2.38. The average Bonchev–Trinajstić information content (AvgIpc) is 2.93. The molecule has 27 heavy (non-hydrogen) atoms. The van der Waals surface area contributed by atoms with Crippen molar-refractivity contribution in [1.29, 1.82) is 0 Å². The van der Waals surface area contributed by atoms with Crippen molar-refractivity contribution in [2.24, 2.45) is 0 Å². The van der Waals surface area contributed by atoms with Gasteiger partial charge in [-0.25, -0.2) is 0 Å². The standard InChI is InChI=1S/C19H22N4O4/c24-15-7-6-14(17(25)22-15)23-18(26)13-5-1-3-11(16(13)19(23)27)9-21-12-4-2-8-20-10-12/h1,3,5,12,14,20-21H,2,4,6-10H2,(H,22,24,25)/t12-,14?/m1/s1. The normalized spacial score (nSPS) is 25.6. The Morgan fingerprint density at radius 1 is 1.11 bits per heavy atom. The molecule has 0 aromatic heterocycles. The Hall–Kier alpha value is -2.58. The second-order valence-corrected chi connectivity index (χ2v) is 7.21. The van der Waals surface area contributed by atoms with E-state index in [1.54, 1.807) is 12.1 Å². The zero-order chi connectivity index (χ0) is 19.0. The van der Waals surface area contributed by atoms with Gasteiger partial charge in [0.1, 0.15) is 6.04 Å². The molecule has 2 fully saturated rings. The molecule has 0 spiro atoms. The number of carbonyl (C=O) groups is 4. The summed E-state index contributed by atoms with van der Waals surface area (Å²) in [6, 6.07) is 4.61. The maximum absolute atomic E-state index is 13.0. The lowest BCUT2D eigenvalue weighted by Gasteiger charge is -2.28. The van der Waals surface area contributed by atoms with Crippen molar-refractivity contribution >= 4 is 23.6 Å². The van der Waals surface area contributed by atoms with E-state index in [0.29, 0.717) is 23.7 Å². The number of imide groups is 2. The SMILES string of the molecule is O=C1CCC(N2C(=O)c3cccc(CN[C@@H]4CCCNC4)c3C2=O)C(=O)N1. The third-order valence-corrected chi connectivity index (χ3v) is 5.43. The Morgan fingerprint density at radius 2 is 1.96 bits per heavy atom. The van der Waals surface area contributed by atoms with Crippen LogP contribution in [0.25, 0.3) is 0 Å². The van der Waals surface area contributed by atoms with Gasteiger partial charge in [0, 0.05) is 25.6 Å². The molecular weight excluding hydrogens is 348 g/mol. The fourth-order valence-corrected chi connectivity index (χ4v) is 4.01. The lowest BCUT2D eigenvalue weighted by atomic mass is 10.0. The van der Waals surface area contributed by atoms with Crippen LogP contribution in [0.3, 0.4) is 0 Å². The highest BCUT2D eigenvalue weighted by Gasteiger charge is 2.45. The maximum Gasteiger partial charge on any atom is 0.262 e. The molecule has 3 N–H and O–H groups in total. The zero-order valence-electron chi connectivity index (χ0n) is 14.9. The summed E-state index contributed by atoms with van der Waals surface area (Å²) in [6.07, 6.45) is 2.45. The van der Waals surface area contributed by atoms with Crippen LogP contribution >= 0.6 is 0 Å². The lowest BCUT2D eigenvalue weighted by Crippen LogP contribution is -2.54. The van der Waals surface area contributed by atoms with Crippen LogP contribution in [0, 0.1) is 0 Å². The van der Waals surface area contributed by atoms with Gasteiger partial charge >= 0.3 is 0 Å². The highest BCUT2D eigenvalue weighted by molar-refractivity contribution is 6.24. The monoisotopic (exact) mass is 370 g/mol. The van der Waals surface area contributed by atoms with Crippen molar-refractivity contribution in [1.82, 2.24) is 20.9 Å². The molecule has 2 atom stereocenters. The molecule has 0 radical (unpaired) electrons. The number of rotatable bonds is 4. The Labute approximate surface area is 156 Å². The van der Waals surface area contributed by atoms with Crippen LogP contribution in [-0.4, -0.2) is 53.7 Å². The van der Waals surface area contributed by atoms with Crippen molar-refractivity contribution in [3.05, 3.63) is 34.9 Å². The number of fused-ring (bicyclic) bond motifs is 1. The quantitative estimate of drug-likeness (QED) is 0.641. The number of amides is 4. The van der Waals surface area contributed by atoms with Gasteiger partial charge in [-0.2, -0.15) is 0 Å². The molecule has 4 rings (SSSR count). The highest BCUT2D eigenvalue weighted by Crippen LogP contribution is 2.30. The molecule has 2 saturated heterocycles. The average molecular weight is 370 g/mol. The molecule has 8 nitrogen and oxygen atoms in total. The van der Waals surface area contributed by atoms with Crippen molar-refractivity contribution in [2.45, 2.75) is 44.3 Å². The Bertz CT molecular complexity index is 816. The van der Waals surface area contributed by atoms with Gasteiger partial charge in [0.2, 0.25) is 11.8 Å². The predicted molar refractivity (Wildman–Crippen MR) is 95.8 cm³/mol. The minimum atomic E-state index is -0.932. The number of nitrogens with one attached hydrogen (secondary N) is 3. The third kappa shape index (κ3) is 3.26. The van der Waals surface area contributed by atoms with Crippen LogP contribution in [0.15, 0.2) is 18.2 Å². The Morgan fingerprint density at radius 3 is 2.70 bits per heavy atom. The van der Waals surface area contributed by atoms with Gasteiger partial charge in [-0.1, -0.05) is 12.1 Å². The summed E-state index contributed by atoms with van der Waals surface area (Å²) in [7, 11) is 0. The molecular formula is C19H22N4O4. The van der Waals surface area contributed by atoms with Crippen LogP contribution in [-0.2, 0) is 16.1 Å². The van der Waals surface area contributed by atoms with Crippen LogP contribution in [0.5, 0.6) is 0 Å². The van der Waals surface area contributed by atoms with Gasteiger partial charge in [-0.05, 0) is 37.4 Å². The molecule has 0 bridgehead atoms. The number of hydrogen-bond acceptors (Lipinski definition) is 6. The van der Waals surface area contributed by atoms with E-state index >= 15 is 0 Å². The largest absolute Gasteiger partial charge is 0.315 e. The highest BCUT2D eigenvalue weighted by atomic mass is 16.2. The zero-order valence-corrected chi connectivity index (χ0v) is 14.9. The first-order valence-corrected chi connectivity index (χ1v) is 9.34. The third-order valence-electron chi connectivity index (χ3n) is 5.43. The van der Waals surface area contributed by atoms with E-state index in [-0.39, 0.29) is 18.7 Å². The van der Waals surface area contributed by atoms with E-state index < -0.39 is 23.8 Å². The summed E-state index contributed by atoms with van der Waals surface area (Å²) < 4.78 is 0. The Balaban J connectivity index is 1.55. The smallest absolute Gasteiger partial charge is 0.262 e. The van der Waals surface area contributed by atoms with Crippen molar-refractivity contribution < 1.29 is 19.2 Å². The molecule has 0 saturated carbocycles. The molecule has 3 aliphatic rings. The fourth-order valence-electron chi connectivity index (χ4n) is 4.01. The van der Waals surface area contributed by atoms with Gasteiger partial charge in [0.05, 0.1) is 11.1 Å². The first kappa shape index (κ1) is 17.8. The van der Waals surface area contributed by atoms with Gasteiger partial charge in [0.25, 0.3) is 11.8 Å². The molecule has 0 aliphatic carbocycles. The van der Waals surface area contributed by atoms with E-state index in [2.05, 4.69) is 16.0 Å². The number of benzene rings is 1.